The molecule has 0 spiro atoms. The Morgan fingerprint density at radius 3 is 2.53 bits per heavy atom. The van der Waals surface area contributed by atoms with E-state index in [4.69, 9.17) is 5.10 Å². The third kappa shape index (κ3) is 4.27. The van der Waals surface area contributed by atoms with Gasteiger partial charge in [-0.15, -0.1) is 0 Å². The molecule has 154 valence electrons. The van der Waals surface area contributed by atoms with Gasteiger partial charge in [-0.3, -0.25) is 9.59 Å². The fraction of sp³-hybridized carbons (Fsp3) is 0.292. The lowest BCUT2D eigenvalue weighted by molar-refractivity contribution is -0.121. The highest BCUT2D eigenvalue weighted by atomic mass is 16.2. The molecule has 1 fully saturated rings. The van der Waals surface area contributed by atoms with Gasteiger partial charge in [-0.25, -0.2) is 4.68 Å². The fourth-order valence-electron chi connectivity index (χ4n) is 3.52. The van der Waals surface area contributed by atoms with Crippen LogP contribution in [0.3, 0.4) is 0 Å². The van der Waals surface area contributed by atoms with Crippen LogP contribution in [0.25, 0.3) is 16.9 Å². The maximum absolute atomic E-state index is 13.3. The third-order valence-electron chi connectivity index (χ3n) is 5.27. The Balaban J connectivity index is 1.70. The summed E-state index contributed by atoms with van der Waals surface area (Å²) in [5, 5.41) is 7.68. The molecule has 1 saturated carbocycles. The lowest BCUT2D eigenvalue weighted by atomic mass is 10.0. The van der Waals surface area contributed by atoms with Crippen molar-refractivity contribution in [1.82, 2.24) is 20.0 Å². The zero-order valence-electron chi connectivity index (χ0n) is 17.6. The maximum Gasteiger partial charge on any atom is 0.257 e. The Morgan fingerprint density at radius 2 is 1.87 bits per heavy atom. The summed E-state index contributed by atoms with van der Waals surface area (Å²) in [6, 6.07) is 16.1. The van der Waals surface area contributed by atoms with Gasteiger partial charge in [0.2, 0.25) is 5.91 Å². The Kier molecular flexibility index (Phi) is 5.40. The van der Waals surface area contributed by atoms with Crippen LogP contribution in [0.1, 0.15) is 34.3 Å². The van der Waals surface area contributed by atoms with E-state index in [1.54, 1.807) is 17.9 Å². The highest BCUT2D eigenvalue weighted by Gasteiger charge is 2.26. The number of rotatable bonds is 6. The van der Waals surface area contributed by atoms with Crippen molar-refractivity contribution in [3.8, 4) is 16.9 Å². The van der Waals surface area contributed by atoms with Crippen LogP contribution in [0.5, 0.6) is 0 Å². The normalized spacial score (nSPS) is 13.2. The van der Waals surface area contributed by atoms with Gasteiger partial charge in [-0.2, -0.15) is 5.10 Å². The summed E-state index contributed by atoms with van der Waals surface area (Å²) in [6.45, 7) is 4.08. The monoisotopic (exact) mass is 402 g/mol. The van der Waals surface area contributed by atoms with E-state index in [0.717, 1.165) is 35.2 Å². The van der Waals surface area contributed by atoms with Crippen molar-refractivity contribution in [2.24, 2.45) is 0 Å². The second-order valence-electron chi connectivity index (χ2n) is 7.99. The average Bonchev–Trinajstić information content (AvgIpc) is 3.42. The van der Waals surface area contributed by atoms with Crippen molar-refractivity contribution < 1.29 is 9.59 Å². The minimum Gasteiger partial charge on any atom is -0.352 e. The van der Waals surface area contributed by atoms with Crippen molar-refractivity contribution in [1.29, 1.82) is 0 Å². The molecule has 1 aromatic heterocycles. The van der Waals surface area contributed by atoms with E-state index in [2.05, 4.69) is 11.4 Å². The lowest BCUT2D eigenvalue weighted by Gasteiger charge is -2.17. The van der Waals surface area contributed by atoms with Crippen LogP contribution in [-0.2, 0) is 4.79 Å². The molecule has 6 heteroatoms. The van der Waals surface area contributed by atoms with Crippen molar-refractivity contribution in [2.75, 3.05) is 13.6 Å². The van der Waals surface area contributed by atoms with Crippen molar-refractivity contribution in [3.63, 3.8) is 0 Å². The van der Waals surface area contributed by atoms with Gasteiger partial charge in [0.25, 0.3) is 5.91 Å². The molecule has 1 aliphatic carbocycles. The molecule has 1 heterocycles. The zero-order chi connectivity index (χ0) is 21.3. The molecular formula is C24H26N4O2. The first-order chi connectivity index (χ1) is 14.4. The number of nitrogens with one attached hydrogen (secondary N) is 1. The van der Waals surface area contributed by atoms with Gasteiger partial charge in [0.1, 0.15) is 5.69 Å². The molecule has 3 aromatic rings. The SMILES string of the molecule is Cc1ccc(-c2nn(-c3ccccc3)cc2C(=O)N(C)CC(=O)NC2CC2)c(C)c1. The number of benzene rings is 2. The van der Waals surface area contributed by atoms with E-state index in [9.17, 15) is 9.59 Å². The number of hydrogen-bond donors (Lipinski definition) is 1. The van der Waals surface area contributed by atoms with E-state index in [1.807, 2.05) is 56.3 Å². The summed E-state index contributed by atoms with van der Waals surface area (Å²) in [6.07, 6.45) is 3.79. The van der Waals surface area contributed by atoms with Crippen LogP contribution >= 0.6 is 0 Å². The minimum absolute atomic E-state index is 0.0260. The topological polar surface area (TPSA) is 67.2 Å². The molecular weight excluding hydrogens is 376 g/mol. The first-order valence-corrected chi connectivity index (χ1v) is 10.2. The molecule has 4 rings (SSSR count). The summed E-state index contributed by atoms with van der Waals surface area (Å²) in [7, 11) is 1.65. The predicted octanol–water partition coefficient (Wildman–Crippen LogP) is 3.51. The molecule has 2 amide bonds. The molecule has 0 bridgehead atoms. The van der Waals surface area contributed by atoms with Gasteiger partial charge in [-0.1, -0.05) is 42.0 Å². The van der Waals surface area contributed by atoms with Gasteiger partial charge < -0.3 is 10.2 Å². The summed E-state index contributed by atoms with van der Waals surface area (Å²) in [4.78, 5) is 26.9. The molecule has 0 saturated heterocycles. The number of hydrogen-bond acceptors (Lipinski definition) is 3. The van der Waals surface area contributed by atoms with Crippen LogP contribution in [-0.4, -0.2) is 46.1 Å². The molecule has 1 aliphatic rings. The van der Waals surface area contributed by atoms with Crippen molar-refractivity contribution in [3.05, 3.63) is 71.4 Å². The molecule has 0 unspecified atom stereocenters. The van der Waals surface area contributed by atoms with Gasteiger partial charge in [0.15, 0.2) is 0 Å². The summed E-state index contributed by atoms with van der Waals surface area (Å²) in [5.74, 6) is -0.352. The number of carbonyl (C=O) groups is 2. The van der Waals surface area contributed by atoms with Gasteiger partial charge >= 0.3 is 0 Å². The van der Waals surface area contributed by atoms with E-state index < -0.39 is 0 Å². The van der Waals surface area contributed by atoms with Crippen molar-refractivity contribution in [2.45, 2.75) is 32.7 Å². The largest absolute Gasteiger partial charge is 0.352 e. The molecule has 0 atom stereocenters. The number of nitrogens with zero attached hydrogens (tertiary/aromatic N) is 3. The number of para-hydroxylation sites is 1. The number of aryl methyl sites for hydroxylation is 2. The highest BCUT2D eigenvalue weighted by molar-refractivity contribution is 6.01. The van der Waals surface area contributed by atoms with Crippen LogP contribution < -0.4 is 5.32 Å². The first kappa shape index (κ1) is 19.9. The highest BCUT2D eigenvalue weighted by Crippen LogP contribution is 2.28. The van der Waals surface area contributed by atoms with E-state index in [1.165, 1.54) is 4.90 Å². The minimum atomic E-state index is -0.224. The van der Waals surface area contributed by atoms with Gasteiger partial charge in [0.05, 0.1) is 17.8 Å². The Labute approximate surface area is 176 Å². The van der Waals surface area contributed by atoms with Crippen LogP contribution in [0.15, 0.2) is 54.7 Å². The van der Waals surface area contributed by atoms with Gasteiger partial charge in [0, 0.05) is 24.8 Å². The van der Waals surface area contributed by atoms with E-state index in [0.29, 0.717) is 11.3 Å². The standard InChI is InChI=1S/C24H26N4O2/c1-16-9-12-20(17(2)13-16)23-21(14-28(26-23)19-7-5-4-6-8-19)24(30)27(3)15-22(29)25-18-10-11-18/h4-9,12-14,18H,10-11,15H2,1-3H3,(H,25,29). The Morgan fingerprint density at radius 1 is 1.13 bits per heavy atom. The maximum atomic E-state index is 13.3. The number of amides is 2. The van der Waals surface area contributed by atoms with Crippen molar-refractivity contribution >= 4 is 11.8 Å². The zero-order valence-corrected chi connectivity index (χ0v) is 17.6. The molecule has 0 radical (unpaired) electrons. The number of likely N-dealkylation sites (N-methyl/N-ethyl adjacent to an activating group) is 1. The van der Waals surface area contributed by atoms with E-state index >= 15 is 0 Å². The molecule has 1 N–H and O–H groups in total. The average molecular weight is 402 g/mol. The lowest BCUT2D eigenvalue weighted by Crippen LogP contribution is -2.39. The van der Waals surface area contributed by atoms with Crippen LogP contribution in [0, 0.1) is 13.8 Å². The fourth-order valence-corrected chi connectivity index (χ4v) is 3.52. The van der Waals surface area contributed by atoms with Crippen LogP contribution in [0.2, 0.25) is 0 Å². The van der Waals surface area contributed by atoms with Gasteiger partial charge in [-0.05, 0) is 44.4 Å². The van der Waals surface area contributed by atoms with Crippen LogP contribution in [0.4, 0.5) is 0 Å². The first-order valence-electron chi connectivity index (χ1n) is 10.2. The predicted molar refractivity (Wildman–Crippen MR) is 117 cm³/mol. The smallest absolute Gasteiger partial charge is 0.257 e. The molecule has 6 nitrogen and oxygen atoms in total. The number of aromatic nitrogens is 2. The second kappa shape index (κ2) is 8.14. The summed E-state index contributed by atoms with van der Waals surface area (Å²) in [5.41, 5.74) is 5.09. The Hall–Kier alpha value is -3.41. The Bertz CT molecular complexity index is 1080. The molecule has 2 aromatic carbocycles. The quantitative estimate of drug-likeness (QED) is 0.686. The third-order valence-corrected chi connectivity index (χ3v) is 5.27. The summed E-state index contributed by atoms with van der Waals surface area (Å²) < 4.78 is 1.72. The summed E-state index contributed by atoms with van der Waals surface area (Å²) >= 11 is 0. The number of carbonyl (C=O) groups excluding carboxylic acids is 2. The second-order valence-corrected chi connectivity index (χ2v) is 7.99. The molecule has 0 aliphatic heterocycles. The van der Waals surface area contributed by atoms with E-state index in [-0.39, 0.29) is 24.4 Å². The molecule has 30 heavy (non-hydrogen) atoms.